The molecular formula is C9H16N4OS2. The topological polar surface area (TPSA) is 58.1 Å². The first-order valence-electron chi connectivity index (χ1n) is 4.99. The van der Waals surface area contributed by atoms with Gasteiger partial charge in [-0.05, 0) is 13.8 Å². The van der Waals surface area contributed by atoms with Crippen molar-refractivity contribution in [2.75, 3.05) is 26.0 Å². The average molecular weight is 260 g/mol. The SMILES string of the molecule is CCNc1nnc(SC(C)C(=O)N(C)C)s1. The van der Waals surface area contributed by atoms with Crippen LogP contribution in [0.4, 0.5) is 5.13 Å². The van der Waals surface area contributed by atoms with Gasteiger partial charge in [-0.2, -0.15) is 0 Å². The third-order valence-electron chi connectivity index (χ3n) is 1.80. The third kappa shape index (κ3) is 3.64. The molecule has 1 aromatic heterocycles. The van der Waals surface area contributed by atoms with Crippen LogP contribution in [0.2, 0.25) is 0 Å². The van der Waals surface area contributed by atoms with Gasteiger partial charge < -0.3 is 10.2 Å². The summed E-state index contributed by atoms with van der Waals surface area (Å²) in [6, 6.07) is 0. The standard InChI is InChI=1S/C9H16N4OS2/c1-5-10-8-11-12-9(16-8)15-6(2)7(14)13(3)4/h6H,5H2,1-4H3,(H,10,11). The number of aromatic nitrogens is 2. The molecule has 0 spiro atoms. The minimum absolute atomic E-state index is 0.0881. The van der Waals surface area contributed by atoms with Crippen molar-refractivity contribution in [3.05, 3.63) is 0 Å². The molecule has 0 saturated heterocycles. The van der Waals surface area contributed by atoms with E-state index in [4.69, 9.17) is 0 Å². The summed E-state index contributed by atoms with van der Waals surface area (Å²) < 4.78 is 0.818. The van der Waals surface area contributed by atoms with Crippen LogP contribution in [0.3, 0.4) is 0 Å². The Kier molecular flexibility index (Phi) is 5.01. The summed E-state index contributed by atoms with van der Waals surface area (Å²) in [7, 11) is 3.51. The van der Waals surface area contributed by atoms with Crippen LogP contribution < -0.4 is 5.32 Å². The molecule has 1 aromatic rings. The molecule has 7 heteroatoms. The van der Waals surface area contributed by atoms with Gasteiger partial charge in [-0.25, -0.2) is 0 Å². The molecule has 0 radical (unpaired) electrons. The van der Waals surface area contributed by atoms with E-state index in [-0.39, 0.29) is 11.2 Å². The van der Waals surface area contributed by atoms with Gasteiger partial charge in [0.15, 0.2) is 4.34 Å². The van der Waals surface area contributed by atoms with E-state index in [1.165, 1.54) is 23.1 Å². The van der Waals surface area contributed by atoms with Crippen molar-refractivity contribution in [1.82, 2.24) is 15.1 Å². The molecule has 0 aliphatic heterocycles. The maximum atomic E-state index is 11.6. The van der Waals surface area contributed by atoms with Crippen molar-refractivity contribution < 1.29 is 4.79 Å². The number of rotatable bonds is 5. The average Bonchev–Trinajstić information content (AvgIpc) is 2.65. The van der Waals surface area contributed by atoms with Gasteiger partial charge in [-0.15, -0.1) is 10.2 Å². The molecule has 5 nitrogen and oxygen atoms in total. The summed E-state index contributed by atoms with van der Waals surface area (Å²) in [4.78, 5) is 13.2. The molecule has 0 aliphatic carbocycles. The fraction of sp³-hybridized carbons (Fsp3) is 0.667. The highest BCUT2D eigenvalue weighted by molar-refractivity contribution is 8.02. The van der Waals surface area contributed by atoms with E-state index < -0.39 is 0 Å². The first kappa shape index (κ1) is 13.2. The van der Waals surface area contributed by atoms with Gasteiger partial charge in [-0.3, -0.25) is 4.79 Å². The van der Waals surface area contributed by atoms with Gasteiger partial charge in [0.2, 0.25) is 11.0 Å². The van der Waals surface area contributed by atoms with Crippen LogP contribution in [0.25, 0.3) is 0 Å². The maximum absolute atomic E-state index is 11.6. The van der Waals surface area contributed by atoms with Crippen LogP contribution in [0.5, 0.6) is 0 Å². The Balaban J connectivity index is 2.55. The van der Waals surface area contributed by atoms with E-state index in [1.807, 2.05) is 13.8 Å². The first-order chi connectivity index (χ1) is 7.54. The zero-order valence-corrected chi connectivity index (χ0v) is 11.5. The van der Waals surface area contributed by atoms with Crippen molar-refractivity contribution in [3.8, 4) is 0 Å². The van der Waals surface area contributed by atoms with E-state index in [0.717, 1.165) is 16.0 Å². The summed E-state index contributed by atoms with van der Waals surface area (Å²) >= 11 is 2.91. The summed E-state index contributed by atoms with van der Waals surface area (Å²) in [6.07, 6.45) is 0. The van der Waals surface area contributed by atoms with Crippen molar-refractivity contribution >= 4 is 34.1 Å². The Hall–Kier alpha value is -0.820. The molecule has 0 bridgehead atoms. The smallest absolute Gasteiger partial charge is 0.235 e. The van der Waals surface area contributed by atoms with E-state index >= 15 is 0 Å². The predicted molar refractivity (Wildman–Crippen MR) is 68.1 cm³/mol. The summed E-state index contributed by atoms with van der Waals surface area (Å²) in [5.74, 6) is 0.0881. The minimum Gasteiger partial charge on any atom is -0.360 e. The van der Waals surface area contributed by atoms with E-state index in [0.29, 0.717) is 0 Å². The Labute approximate surface area is 104 Å². The molecule has 0 aliphatic rings. The van der Waals surface area contributed by atoms with Gasteiger partial charge >= 0.3 is 0 Å². The zero-order chi connectivity index (χ0) is 12.1. The Bertz CT molecular complexity index is 353. The van der Waals surface area contributed by atoms with Gasteiger partial charge in [0.05, 0.1) is 5.25 Å². The van der Waals surface area contributed by atoms with Crippen molar-refractivity contribution in [1.29, 1.82) is 0 Å². The lowest BCUT2D eigenvalue weighted by atomic mass is 10.4. The molecule has 1 atom stereocenters. The Morgan fingerprint density at radius 3 is 2.81 bits per heavy atom. The highest BCUT2D eigenvalue weighted by atomic mass is 32.2. The minimum atomic E-state index is -0.127. The van der Waals surface area contributed by atoms with Gasteiger partial charge in [-0.1, -0.05) is 23.1 Å². The van der Waals surface area contributed by atoms with Crippen LogP contribution in [0.1, 0.15) is 13.8 Å². The molecule has 1 unspecified atom stereocenters. The lowest BCUT2D eigenvalue weighted by molar-refractivity contribution is -0.127. The molecule has 0 saturated carbocycles. The van der Waals surface area contributed by atoms with Gasteiger partial charge in [0.1, 0.15) is 0 Å². The Morgan fingerprint density at radius 1 is 1.56 bits per heavy atom. The lowest BCUT2D eigenvalue weighted by Crippen LogP contribution is -2.29. The number of amides is 1. The van der Waals surface area contributed by atoms with E-state index in [2.05, 4.69) is 15.5 Å². The molecule has 0 fully saturated rings. The largest absolute Gasteiger partial charge is 0.360 e. The fourth-order valence-corrected chi connectivity index (χ4v) is 3.15. The highest BCUT2D eigenvalue weighted by Crippen LogP contribution is 2.29. The summed E-state index contributed by atoms with van der Waals surface area (Å²) in [6.45, 7) is 4.71. The summed E-state index contributed by atoms with van der Waals surface area (Å²) in [5.41, 5.74) is 0. The molecule has 1 rings (SSSR count). The monoisotopic (exact) mass is 260 g/mol. The Morgan fingerprint density at radius 2 is 2.25 bits per heavy atom. The number of nitrogens with one attached hydrogen (secondary N) is 1. The number of hydrogen-bond donors (Lipinski definition) is 1. The third-order valence-corrected chi connectivity index (χ3v) is 3.85. The number of hydrogen-bond acceptors (Lipinski definition) is 6. The highest BCUT2D eigenvalue weighted by Gasteiger charge is 2.18. The van der Waals surface area contributed by atoms with Crippen LogP contribution in [-0.4, -0.2) is 46.9 Å². The first-order valence-corrected chi connectivity index (χ1v) is 6.69. The normalized spacial score (nSPS) is 12.2. The van der Waals surface area contributed by atoms with Crippen LogP contribution >= 0.6 is 23.1 Å². The van der Waals surface area contributed by atoms with Crippen LogP contribution in [0, 0.1) is 0 Å². The second-order valence-electron chi connectivity index (χ2n) is 3.40. The molecule has 1 heterocycles. The number of anilines is 1. The number of nitrogens with zero attached hydrogens (tertiary/aromatic N) is 3. The maximum Gasteiger partial charge on any atom is 0.235 e. The van der Waals surface area contributed by atoms with E-state index in [9.17, 15) is 4.79 Å². The van der Waals surface area contributed by atoms with Crippen molar-refractivity contribution in [2.24, 2.45) is 0 Å². The molecule has 1 N–H and O–H groups in total. The van der Waals surface area contributed by atoms with Gasteiger partial charge in [0, 0.05) is 20.6 Å². The van der Waals surface area contributed by atoms with Gasteiger partial charge in [0.25, 0.3) is 0 Å². The molecule has 90 valence electrons. The van der Waals surface area contributed by atoms with Crippen LogP contribution in [-0.2, 0) is 4.79 Å². The number of thioether (sulfide) groups is 1. The second-order valence-corrected chi connectivity index (χ2v) is 5.96. The predicted octanol–water partition coefficient (Wildman–Crippen LogP) is 1.54. The van der Waals surface area contributed by atoms with E-state index in [1.54, 1.807) is 19.0 Å². The number of carbonyl (C=O) groups is 1. The molecule has 16 heavy (non-hydrogen) atoms. The quantitative estimate of drug-likeness (QED) is 0.814. The molecule has 0 aromatic carbocycles. The zero-order valence-electron chi connectivity index (χ0n) is 9.85. The second kappa shape index (κ2) is 6.05. The molecule has 1 amide bonds. The van der Waals surface area contributed by atoms with Crippen molar-refractivity contribution in [3.63, 3.8) is 0 Å². The van der Waals surface area contributed by atoms with Crippen LogP contribution in [0.15, 0.2) is 4.34 Å². The summed E-state index contributed by atoms with van der Waals surface area (Å²) in [5, 5.41) is 11.8. The lowest BCUT2D eigenvalue weighted by Gasteiger charge is -2.14. The molecular weight excluding hydrogens is 244 g/mol. The van der Waals surface area contributed by atoms with Crippen molar-refractivity contribution in [2.45, 2.75) is 23.4 Å². The fourth-order valence-electron chi connectivity index (χ4n) is 1.05. The number of carbonyl (C=O) groups excluding carboxylic acids is 1.